The molecule has 9 heteroatoms. The zero-order valence-electron chi connectivity index (χ0n) is 16.8. The quantitative estimate of drug-likeness (QED) is 0.326. The fraction of sp³-hybridized carbons (Fsp3) is 0.500. The van der Waals surface area contributed by atoms with Crippen molar-refractivity contribution in [1.82, 2.24) is 10.6 Å². The van der Waals surface area contributed by atoms with Crippen LogP contribution in [0.1, 0.15) is 38.7 Å². The second kappa shape index (κ2) is 11.8. The summed E-state index contributed by atoms with van der Waals surface area (Å²) in [6, 6.07) is 5.83. The molecule has 4 unspecified atom stereocenters. The Hall–Kier alpha value is -2.94. The average molecular weight is 406 g/mol. The van der Waals surface area contributed by atoms with E-state index in [4.69, 9.17) is 11.5 Å². The number of rotatable bonds is 12. The number of hydrogen-bond donors (Lipinski definition) is 5. The number of carbonyl (C=O) groups is 4. The second-order valence-corrected chi connectivity index (χ2v) is 7.07. The molecule has 0 radical (unpaired) electrons. The van der Waals surface area contributed by atoms with Gasteiger partial charge >= 0.3 is 5.97 Å². The molecule has 3 amide bonds. The largest absolute Gasteiger partial charge is 0.480 e. The minimum absolute atomic E-state index is 0.0487. The van der Waals surface area contributed by atoms with Crippen LogP contribution in [0.3, 0.4) is 0 Å². The van der Waals surface area contributed by atoms with Crippen LogP contribution in [0, 0.1) is 5.92 Å². The summed E-state index contributed by atoms with van der Waals surface area (Å²) in [5, 5.41) is 14.6. The van der Waals surface area contributed by atoms with Gasteiger partial charge in [-0.3, -0.25) is 14.4 Å². The number of carbonyl (C=O) groups excluding carboxylic acids is 3. The number of nitrogens with one attached hydrogen (secondary N) is 2. The zero-order valence-corrected chi connectivity index (χ0v) is 16.8. The van der Waals surface area contributed by atoms with Crippen LogP contribution < -0.4 is 22.1 Å². The minimum Gasteiger partial charge on any atom is -0.480 e. The summed E-state index contributed by atoms with van der Waals surface area (Å²) in [5.74, 6) is -3.20. The lowest BCUT2D eigenvalue weighted by atomic mass is 9.96. The van der Waals surface area contributed by atoms with E-state index in [0.717, 1.165) is 5.56 Å². The van der Waals surface area contributed by atoms with E-state index >= 15 is 0 Å². The van der Waals surface area contributed by atoms with Gasteiger partial charge in [0.05, 0.1) is 6.04 Å². The monoisotopic (exact) mass is 406 g/mol. The Balaban J connectivity index is 2.84. The summed E-state index contributed by atoms with van der Waals surface area (Å²) in [7, 11) is 0. The Morgan fingerprint density at radius 3 is 2.21 bits per heavy atom. The van der Waals surface area contributed by atoms with E-state index in [-0.39, 0.29) is 25.2 Å². The predicted octanol–water partition coefficient (Wildman–Crippen LogP) is -0.0778. The van der Waals surface area contributed by atoms with Gasteiger partial charge in [-0.2, -0.15) is 0 Å². The Bertz CT molecular complexity index is 710. The van der Waals surface area contributed by atoms with Gasteiger partial charge in [-0.1, -0.05) is 50.6 Å². The first-order chi connectivity index (χ1) is 13.6. The highest BCUT2D eigenvalue weighted by Crippen LogP contribution is 2.10. The topological polar surface area (TPSA) is 165 Å². The van der Waals surface area contributed by atoms with Crippen molar-refractivity contribution in [3.05, 3.63) is 35.9 Å². The van der Waals surface area contributed by atoms with E-state index in [1.54, 1.807) is 31.2 Å². The Kier molecular flexibility index (Phi) is 9.81. The number of amides is 3. The van der Waals surface area contributed by atoms with Crippen molar-refractivity contribution in [3.63, 3.8) is 0 Å². The second-order valence-electron chi connectivity index (χ2n) is 7.07. The molecule has 9 nitrogen and oxygen atoms in total. The Morgan fingerprint density at radius 2 is 1.69 bits per heavy atom. The van der Waals surface area contributed by atoms with E-state index in [0.29, 0.717) is 6.42 Å². The fourth-order valence-corrected chi connectivity index (χ4v) is 2.70. The van der Waals surface area contributed by atoms with Gasteiger partial charge in [-0.15, -0.1) is 0 Å². The van der Waals surface area contributed by atoms with E-state index in [2.05, 4.69) is 10.6 Å². The van der Waals surface area contributed by atoms with Crippen LogP contribution in [0.25, 0.3) is 0 Å². The van der Waals surface area contributed by atoms with E-state index in [9.17, 15) is 24.3 Å². The number of carboxylic acids is 1. The lowest BCUT2D eigenvalue weighted by Gasteiger charge is -2.26. The molecule has 0 saturated carbocycles. The van der Waals surface area contributed by atoms with Crippen LogP contribution in [0.15, 0.2) is 30.3 Å². The molecule has 7 N–H and O–H groups in total. The third kappa shape index (κ3) is 8.30. The molecule has 0 aliphatic carbocycles. The van der Waals surface area contributed by atoms with Crippen molar-refractivity contribution in [1.29, 1.82) is 0 Å². The Morgan fingerprint density at radius 1 is 1.07 bits per heavy atom. The zero-order chi connectivity index (χ0) is 22.0. The first-order valence-corrected chi connectivity index (χ1v) is 9.57. The van der Waals surface area contributed by atoms with Gasteiger partial charge in [0.25, 0.3) is 0 Å². The van der Waals surface area contributed by atoms with Gasteiger partial charge in [-0.05, 0) is 17.9 Å². The highest BCUT2D eigenvalue weighted by atomic mass is 16.4. The van der Waals surface area contributed by atoms with Gasteiger partial charge in [0.2, 0.25) is 17.7 Å². The van der Waals surface area contributed by atoms with Crippen LogP contribution in [0.2, 0.25) is 0 Å². The van der Waals surface area contributed by atoms with E-state index < -0.39 is 41.8 Å². The molecule has 1 aromatic rings. The molecule has 0 aliphatic heterocycles. The van der Waals surface area contributed by atoms with Gasteiger partial charge in [-0.25, -0.2) is 4.79 Å². The molecule has 0 aliphatic rings. The predicted molar refractivity (Wildman–Crippen MR) is 108 cm³/mol. The van der Waals surface area contributed by atoms with E-state index in [1.165, 1.54) is 0 Å². The number of hydrogen-bond acceptors (Lipinski definition) is 5. The third-order valence-corrected chi connectivity index (χ3v) is 4.73. The summed E-state index contributed by atoms with van der Waals surface area (Å²) < 4.78 is 0. The van der Waals surface area contributed by atoms with Crippen LogP contribution in [0.4, 0.5) is 0 Å². The summed E-state index contributed by atoms with van der Waals surface area (Å²) in [5.41, 5.74) is 11.6. The maximum atomic E-state index is 12.8. The molecule has 4 atom stereocenters. The molecule has 29 heavy (non-hydrogen) atoms. The van der Waals surface area contributed by atoms with Crippen molar-refractivity contribution in [3.8, 4) is 0 Å². The van der Waals surface area contributed by atoms with Crippen LogP contribution in [0.5, 0.6) is 0 Å². The van der Waals surface area contributed by atoms with Gasteiger partial charge in [0, 0.05) is 12.8 Å². The van der Waals surface area contributed by atoms with Gasteiger partial charge in [0.15, 0.2) is 0 Å². The lowest BCUT2D eigenvalue weighted by Crippen LogP contribution is -2.57. The van der Waals surface area contributed by atoms with E-state index in [1.807, 2.05) is 13.0 Å². The minimum atomic E-state index is -1.17. The standard InChI is InChI=1S/C20H30N4O5/c1-3-12(2)17(24-18(26)14(21)9-10-16(22)25)19(27)23-15(20(28)29)11-13-7-5-4-6-8-13/h4-8,12,14-15,17H,3,9-11,21H2,1-2H3,(H2,22,25)(H,23,27)(H,24,26)(H,28,29). The molecule has 0 aromatic heterocycles. The number of nitrogens with two attached hydrogens (primary N) is 2. The van der Waals surface area contributed by atoms with Crippen molar-refractivity contribution in [2.45, 2.75) is 57.7 Å². The SMILES string of the molecule is CCC(C)C(NC(=O)C(N)CCC(N)=O)C(=O)NC(Cc1ccccc1)C(=O)O. The third-order valence-electron chi connectivity index (χ3n) is 4.73. The molecule has 0 saturated heterocycles. The van der Waals surface area contributed by atoms with Crippen molar-refractivity contribution >= 4 is 23.7 Å². The van der Waals surface area contributed by atoms with Crippen LogP contribution >= 0.6 is 0 Å². The van der Waals surface area contributed by atoms with Crippen LogP contribution in [-0.4, -0.2) is 46.9 Å². The van der Waals surface area contributed by atoms with Crippen LogP contribution in [-0.2, 0) is 25.6 Å². The van der Waals surface area contributed by atoms with Crippen molar-refractivity contribution in [2.24, 2.45) is 17.4 Å². The lowest BCUT2D eigenvalue weighted by molar-refractivity contribution is -0.142. The molecule has 1 rings (SSSR count). The number of carboxylic acid groups (broad SMARTS) is 1. The molecule has 0 spiro atoms. The highest BCUT2D eigenvalue weighted by molar-refractivity contribution is 5.92. The molecule has 0 heterocycles. The smallest absolute Gasteiger partial charge is 0.326 e. The summed E-state index contributed by atoms with van der Waals surface area (Å²) in [4.78, 5) is 47.6. The summed E-state index contributed by atoms with van der Waals surface area (Å²) in [6.45, 7) is 3.62. The molecule has 0 fully saturated rings. The normalized spacial score (nSPS) is 14.9. The molecular formula is C20H30N4O5. The molecule has 0 bridgehead atoms. The summed E-state index contributed by atoms with van der Waals surface area (Å²) >= 11 is 0. The first-order valence-electron chi connectivity index (χ1n) is 9.57. The first kappa shape index (κ1) is 24.1. The maximum absolute atomic E-state index is 12.8. The molecule has 1 aromatic carbocycles. The highest BCUT2D eigenvalue weighted by Gasteiger charge is 2.31. The van der Waals surface area contributed by atoms with Gasteiger partial charge in [0.1, 0.15) is 12.1 Å². The number of primary amides is 1. The number of benzene rings is 1. The van der Waals surface area contributed by atoms with Crippen molar-refractivity contribution < 1.29 is 24.3 Å². The average Bonchev–Trinajstić information content (AvgIpc) is 2.69. The van der Waals surface area contributed by atoms with Gasteiger partial charge < -0.3 is 27.2 Å². The summed E-state index contributed by atoms with van der Waals surface area (Å²) in [6.07, 6.45) is 0.696. The Labute approximate surface area is 170 Å². The maximum Gasteiger partial charge on any atom is 0.326 e. The van der Waals surface area contributed by atoms with Crippen molar-refractivity contribution in [2.75, 3.05) is 0 Å². The molecule has 160 valence electrons. The molecular weight excluding hydrogens is 376 g/mol. The fourth-order valence-electron chi connectivity index (χ4n) is 2.70. The number of aliphatic carboxylic acids is 1.